The van der Waals surface area contributed by atoms with Gasteiger partial charge in [0.2, 0.25) is 0 Å². The summed E-state index contributed by atoms with van der Waals surface area (Å²) in [6, 6.07) is 2.26. The molecule has 0 saturated carbocycles. The summed E-state index contributed by atoms with van der Waals surface area (Å²) in [5.74, 6) is 6.30. The number of aromatic nitrogens is 2. The van der Waals surface area contributed by atoms with E-state index in [1.165, 1.54) is 31.4 Å². The molecule has 1 aromatic heterocycles. The van der Waals surface area contributed by atoms with Crippen molar-refractivity contribution in [3.63, 3.8) is 0 Å². The summed E-state index contributed by atoms with van der Waals surface area (Å²) in [5.41, 5.74) is 4.13. The third kappa shape index (κ3) is 3.06. The van der Waals surface area contributed by atoms with Crippen molar-refractivity contribution >= 4 is 0 Å². The number of hydrogen-bond donors (Lipinski definition) is 2. The van der Waals surface area contributed by atoms with Gasteiger partial charge >= 0.3 is 0 Å². The van der Waals surface area contributed by atoms with E-state index < -0.39 is 0 Å². The van der Waals surface area contributed by atoms with Crippen LogP contribution in [-0.2, 0) is 7.05 Å². The second-order valence-corrected chi connectivity index (χ2v) is 4.36. The van der Waals surface area contributed by atoms with E-state index in [9.17, 15) is 0 Å². The van der Waals surface area contributed by atoms with Crippen LogP contribution in [0.4, 0.5) is 0 Å². The molecule has 0 aromatic carbocycles. The first-order chi connectivity index (χ1) is 7.74. The van der Waals surface area contributed by atoms with Crippen molar-refractivity contribution in [3.05, 3.63) is 18.0 Å². The molecule has 0 aliphatic carbocycles. The second-order valence-electron chi connectivity index (χ2n) is 4.36. The second kappa shape index (κ2) is 6.66. The van der Waals surface area contributed by atoms with Gasteiger partial charge in [-0.05, 0) is 24.8 Å². The van der Waals surface area contributed by atoms with Crippen molar-refractivity contribution < 1.29 is 0 Å². The number of aryl methyl sites for hydroxylation is 1. The molecule has 4 heteroatoms. The third-order valence-electron chi connectivity index (χ3n) is 3.15. The molecule has 0 saturated heterocycles. The van der Waals surface area contributed by atoms with Crippen LogP contribution in [0.25, 0.3) is 0 Å². The molecule has 0 bridgehead atoms. The molecule has 0 radical (unpaired) electrons. The van der Waals surface area contributed by atoms with Crippen LogP contribution in [0, 0.1) is 5.92 Å². The molecule has 16 heavy (non-hydrogen) atoms. The fourth-order valence-electron chi connectivity index (χ4n) is 2.37. The average molecular weight is 224 g/mol. The third-order valence-corrected chi connectivity index (χ3v) is 3.15. The molecule has 3 N–H and O–H groups in total. The van der Waals surface area contributed by atoms with E-state index in [1.807, 2.05) is 24.0 Å². The smallest absolute Gasteiger partial charge is 0.0657 e. The first kappa shape index (κ1) is 13.2. The first-order valence-electron chi connectivity index (χ1n) is 6.18. The highest BCUT2D eigenvalue weighted by molar-refractivity contribution is 5.07. The molecule has 0 aliphatic rings. The van der Waals surface area contributed by atoms with E-state index in [2.05, 4.69) is 24.4 Å². The molecule has 0 amide bonds. The van der Waals surface area contributed by atoms with Crippen LogP contribution in [0.3, 0.4) is 0 Å². The average Bonchev–Trinajstić information content (AvgIpc) is 2.67. The Morgan fingerprint density at radius 1 is 1.38 bits per heavy atom. The summed E-state index contributed by atoms with van der Waals surface area (Å²) in [6.07, 6.45) is 6.62. The van der Waals surface area contributed by atoms with Gasteiger partial charge in [-0.25, -0.2) is 0 Å². The maximum absolute atomic E-state index is 5.70. The quantitative estimate of drug-likeness (QED) is 0.551. The summed E-state index contributed by atoms with van der Waals surface area (Å²) in [5, 5.41) is 4.21. The molecule has 0 aliphatic heterocycles. The summed E-state index contributed by atoms with van der Waals surface area (Å²) in [7, 11) is 1.97. The van der Waals surface area contributed by atoms with Crippen molar-refractivity contribution in [2.24, 2.45) is 18.8 Å². The number of hydrazine groups is 1. The van der Waals surface area contributed by atoms with Crippen molar-refractivity contribution in [2.75, 3.05) is 0 Å². The zero-order valence-corrected chi connectivity index (χ0v) is 10.6. The van der Waals surface area contributed by atoms with Crippen molar-refractivity contribution in [1.82, 2.24) is 15.2 Å². The summed E-state index contributed by atoms with van der Waals surface area (Å²) >= 11 is 0. The molecule has 1 unspecified atom stereocenters. The summed E-state index contributed by atoms with van der Waals surface area (Å²) < 4.78 is 1.91. The van der Waals surface area contributed by atoms with Crippen LogP contribution >= 0.6 is 0 Å². The molecule has 1 rings (SSSR count). The Morgan fingerprint density at radius 3 is 2.38 bits per heavy atom. The van der Waals surface area contributed by atoms with Crippen molar-refractivity contribution in [1.29, 1.82) is 0 Å². The highest BCUT2D eigenvalue weighted by atomic mass is 15.3. The Balaban J connectivity index is 2.81. The lowest BCUT2D eigenvalue weighted by Crippen LogP contribution is -2.35. The minimum atomic E-state index is 0.215. The lowest BCUT2D eigenvalue weighted by atomic mass is 9.89. The zero-order valence-electron chi connectivity index (χ0n) is 10.6. The molecule has 92 valence electrons. The van der Waals surface area contributed by atoms with Crippen molar-refractivity contribution in [2.45, 2.75) is 45.6 Å². The van der Waals surface area contributed by atoms with E-state index >= 15 is 0 Å². The highest BCUT2D eigenvalue weighted by Crippen LogP contribution is 2.28. The van der Waals surface area contributed by atoms with Crippen LogP contribution in [0.2, 0.25) is 0 Å². The fraction of sp³-hybridized carbons (Fsp3) is 0.750. The zero-order chi connectivity index (χ0) is 12.0. The van der Waals surface area contributed by atoms with Gasteiger partial charge in [0, 0.05) is 13.2 Å². The maximum atomic E-state index is 5.70. The van der Waals surface area contributed by atoms with Gasteiger partial charge in [0.1, 0.15) is 0 Å². The number of hydrogen-bond acceptors (Lipinski definition) is 3. The lowest BCUT2D eigenvalue weighted by molar-refractivity contribution is 0.307. The first-order valence-corrected chi connectivity index (χ1v) is 6.18. The molecule has 4 nitrogen and oxygen atoms in total. The topological polar surface area (TPSA) is 55.9 Å². The van der Waals surface area contributed by atoms with E-state index in [0.717, 1.165) is 0 Å². The van der Waals surface area contributed by atoms with Gasteiger partial charge in [-0.3, -0.25) is 16.0 Å². The van der Waals surface area contributed by atoms with Gasteiger partial charge in [-0.1, -0.05) is 26.7 Å². The summed E-state index contributed by atoms with van der Waals surface area (Å²) in [4.78, 5) is 0. The van der Waals surface area contributed by atoms with E-state index in [-0.39, 0.29) is 6.04 Å². The normalized spacial score (nSPS) is 13.3. The maximum Gasteiger partial charge on any atom is 0.0657 e. The lowest BCUT2D eigenvalue weighted by Gasteiger charge is -2.26. The largest absolute Gasteiger partial charge is 0.271 e. The minimum absolute atomic E-state index is 0.215. The standard InChI is InChI=1S/C12H24N4/c1-4-6-10(7-5-2)12(15-13)11-8-9-14-16(11)3/h8-10,12,15H,4-7,13H2,1-3H3. The predicted molar refractivity (Wildman–Crippen MR) is 66.6 cm³/mol. The van der Waals surface area contributed by atoms with Gasteiger partial charge < -0.3 is 0 Å². The van der Waals surface area contributed by atoms with Gasteiger partial charge in [-0.2, -0.15) is 5.10 Å². The molecule has 0 spiro atoms. The number of nitrogens with one attached hydrogen (secondary N) is 1. The molecule has 1 atom stereocenters. The Hall–Kier alpha value is -0.870. The van der Waals surface area contributed by atoms with Crippen LogP contribution in [0.5, 0.6) is 0 Å². The van der Waals surface area contributed by atoms with Gasteiger partial charge in [0.05, 0.1) is 11.7 Å². The van der Waals surface area contributed by atoms with E-state index in [4.69, 9.17) is 5.84 Å². The molecular weight excluding hydrogens is 200 g/mol. The van der Waals surface area contributed by atoms with Crippen molar-refractivity contribution in [3.8, 4) is 0 Å². The van der Waals surface area contributed by atoms with Crippen LogP contribution in [-0.4, -0.2) is 9.78 Å². The minimum Gasteiger partial charge on any atom is -0.271 e. The van der Waals surface area contributed by atoms with E-state index in [0.29, 0.717) is 5.92 Å². The molecule has 1 aromatic rings. The Morgan fingerprint density at radius 2 is 2.00 bits per heavy atom. The van der Waals surface area contributed by atoms with E-state index in [1.54, 1.807) is 0 Å². The number of nitrogens with zero attached hydrogens (tertiary/aromatic N) is 2. The Bertz CT molecular complexity index is 289. The number of nitrogens with two attached hydrogens (primary N) is 1. The van der Waals surface area contributed by atoms with Gasteiger partial charge in [0.25, 0.3) is 0 Å². The van der Waals surface area contributed by atoms with Crippen LogP contribution in [0.15, 0.2) is 12.3 Å². The molecular formula is C12H24N4. The highest BCUT2D eigenvalue weighted by Gasteiger charge is 2.22. The predicted octanol–water partition coefficient (Wildman–Crippen LogP) is 2.14. The van der Waals surface area contributed by atoms with Crippen LogP contribution < -0.4 is 11.3 Å². The van der Waals surface area contributed by atoms with Gasteiger partial charge in [0.15, 0.2) is 0 Å². The summed E-state index contributed by atoms with van der Waals surface area (Å²) in [6.45, 7) is 4.44. The Kier molecular flexibility index (Phi) is 5.49. The fourth-order valence-corrected chi connectivity index (χ4v) is 2.37. The molecule has 0 fully saturated rings. The van der Waals surface area contributed by atoms with Gasteiger partial charge in [-0.15, -0.1) is 0 Å². The number of rotatable bonds is 7. The van der Waals surface area contributed by atoms with Crippen LogP contribution in [0.1, 0.15) is 51.3 Å². The Labute approximate surface area is 98.2 Å². The molecule has 1 heterocycles. The SMILES string of the molecule is CCCC(CCC)C(NN)c1ccnn1C. The monoisotopic (exact) mass is 224 g/mol.